The van der Waals surface area contributed by atoms with Gasteiger partial charge in [-0.2, -0.15) is 4.31 Å². The molecule has 0 aromatic heterocycles. The molecule has 1 saturated heterocycles. The quantitative estimate of drug-likeness (QED) is 0.877. The zero-order chi connectivity index (χ0) is 15.5. The van der Waals surface area contributed by atoms with Crippen LogP contribution in [0.2, 0.25) is 0 Å². The van der Waals surface area contributed by atoms with Gasteiger partial charge in [-0.3, -0.25) is 0 Å². The lowest BCUT2D eigenvalue weighted by Gasteiger charge is -2.27. The van der Waals surface area contributed by atoms with Gasteiger partial charge in [-0.05, 0) is 36.9 Å². The van der Waals surface area contributed by atoms with Gasteiger partial charge >= 0.3 is 0 Å². The minimum atomic E-state index is -3.23. The van der Waals surface area contributed by atoms with Crippen molar-refractivity contribution in [1.29, 1.82) is 0 Å². The summed E-state index contributed by atoms with van der Waals surface area (Å²) in [6.07, 6.45) is 1.96. The maximum absolute atomic E-state index is 12.7. The Morgan fingerprint density at radius 3 is 2.71 bits per heavy atom. The number of hydrogen-bond acceptors (Lipinski definition) is 3. The van der Waals surface area contributed by atoms with Gasteiger partial charge in [0.15, 0.2) is 0 Å². The molecule has 2 rings (SSSR count). The van der Waals surface area contributed by atoms with E-state index in [9.17, 15) is 8.42 Å². The molecule has 4 nitrogen and oxygen atoms in total. The third kappa shape index (κ3) is 4.05. The normalized spacial score (nSPS) is 20.3. The monoisotopic (exact) mass is 310 g/mol. The predicted molar refractivity (Wildman–Crippen MR) is 86.4 cm³/mol. The molecule has 5 heteroatoms. The van der Waals surface area contributed by atoms with E-state index >= 15 is 0 Å². The first-order valence-electron chi connectivity index (χ1n) is 7.66. The maximum atomic E-state index is 12.7. The zero-order valence-corrected chi connectivity index (χ0v) is 14.0. The fraction of sp³-hybridized carbons (Fsp3) is 0.625. The van der Waals surface area contributed by atoms with E-state index in [2.05, 4.69) is 19.2 Å². The molecule has 0 amide bonds. The first-order valence-corrected chi connectivity index (χ1v) is 9.27. The first kappa shape index (κ1) is 16.5. The fourth-order valence-electron chi connectivity index (χ4n) is 3.10. The molecule has 0 aliphatic carbocycles. The number of rotatable bonds is 6. The topological polar surface area (TPSA) is 49.4 Å². The molecule has 1 aliphatic rings. The highest BCUT2D eigenvalue weighted by atomic mass is 32.2. The average molecular weight is 310 g/mol. The smallest absolute Gasteiger partial charge is 0.218 e. The average Bonchev–Trinajstić information content (AvgIpc) is 2.89. The number of nitrogens with one attached hydrogen (secondary N) is 1. The van der Waals surface area contributed by atoms with E-state index in [1.54, 1.807) is 4.31 Å². The third-order valence-corrected chi connectivity index (χ3v) is 5.96. The molecule has 0 spiro atoms. The van der Waals surface area contributed by atoms with Crippen molar-refractivity contribution < 1.29 is 8.42 Å². The molecule has 0 saturated carbocycles. The van der Waals surface area contributed by atoms with E-state index in [1.807, 2.05) is 31.3 Å². The van der Waals surface area contributed by atoms with Crippen LogP contribution in [0.3, 0.4) is 0 Å². The molecule has 118 valence electrons. The van der Waals surface area contributed by atoms with Crippen molar-refractivity contribution in [2.75, 3.05) is 13.6 Å². The molecule has 1 aromatic carbocycles. The van der Waals surface area contributed by atoms with Crippen LogP contribution in [-0.4, -0.2) is 32.4 Å². The van der Waals surface area contributed by atoms with Crippen LogP contribution < -0.4 is 5.32 Å². The largest absolute Gasteiger partial charge is 0.316 e. The Bertz CT molecular complexity index is 569. The minimum Gasteiger partial charge on any atom is -0.316 e. The molecule has 1 N–H and O–H groups in total. The summed E-state index contributed by atoms with van der Waals surface area (Å²) in [5.41, 5.74) is 1.99. The second-order valence-electron chi connectivity index (χ2n) is 6.17. The molecule has 1 heterocycles. The Morgan fingerprint density at radius 2 is 2.05 bits per heavy atom. The van der Waals surface area contributed by atoms with Crippen molar-refractivity contribution >= 4 is 10.0 Å². The number of benzene rings is 1. The van der Waals surface area contributed by atoms with Crippen LogP contribution in [0.5, 0.6) is 0 Å². The van der Waals surface area contributed by atoms with Gasteiger partial charge in [-0.15, -0.1) is 0 Å². The van der Waals surface area contributed by atoms with Gasteiger partial charge in [0.05, 0.1) is 5.75 Å². The molecule has 1 atom stereocenters. The molecule has 21 heavy (non-hydrogen) atoms. The van der Waals surface area contributed by atoms with Crippen molar-refractivity contribution in [2.45, 2.75) is 45.0 Å². The van der Waals surface area contributed by atoms with Gasteiger partial charge < -0.3 is 5.32 Å². The highest BCUT2D eigenvalue weighted by Crippen LogP contribution is 2.28. The second-order valence-corrected chi connectivity index (χ2v) is 8.09. The third-order valence-electron chi connectivity index (χ3n) is 4.10. The highest BCUT2D eigenvalue weighted by molar-refractivity contribution is 7.88. The van der Waals surface area contributed by atoms with Crippen LogP contribution in [0.25, 0.3) is 0 Å². The maximum Gasteiger partial charge on any atom is 0.218 e. The van der Waals surface area contributed by atoms with E-state index in [-0.39, 0.29) is 11.8 Å². The van der Waals surface area contributed by atoms with Gasteiger partial charge in [0.25, 0.3) is 0 Å². The highest BCUT2D eigenvalue weighted by Gasteiger charge is 2.35. The number of sulfonamides is 1. The summed E-state index contributed by atoms with van der Waals surface area (Å²) in [5.74, 6) is 0.478. The van der Waals surface area contributed by atoms with Gasteiger partial charge in [-0.1, -0.05) is 38.1 Å². The van der Waals surface area contributed by atoms with Gasteiger partial charge in [-0.25, -0.2) is 8.42 Å². The SMILES string of the molecule is CNCc1cccc(CS(=O)(=O)N2CCCC2C(C)C)c1. The van der Waals surface area contributed by atoms with Gasteiger partial charge in [0, 0.05) is 19.1 Å². The van der Waals surface area contributed by atoms with Crippen molar-refractivity contribution in [2.24, 2.45) is 5.92 Å². The summed E-state index contributed by atoms with van der Waals surface area (Å²) in [6, 6.07) is 7.99. The lowest BCUT2D eigenvalue weighted by molar-refractivity contribution is 0.315. The molecule has 1 aromatic rings. The Kier molecular flexibility index (Phi) is 5.41. The van der Waals surface area contributed by atoms with Crippen LogP contribution in [0.4, 0.5) is 0 Å². The van der Waals surface area contributed by atoms with E-state index in [4.69, 9.17) is 0 Å². The molecular weight excluding hydrogens is 284 g/mol. The fourth-order valence-corrected chi connectivity index (χ4v) is 5.04. The lowest BCUT2D eigenvalue weighted by atomic mass is 10.0. The predicted octanol–water partition coefficient (Wildman–Crippen LogP) is 2.36. The second kappa shape index (κ2) is 6.90. The van der Waals surface area contributed by atoms with E-state index in [1.165, 1.54) is 0 Å². The Morgan fingerprint density at radius 1 is 1.33 bits per heavy atom. The van der Waals surface area contributed by atoms with Gasteiger partial charge in [0.2, 0.25) is 10.0 Å². The van der Waals surface area contributed by atoms with E-state index < -0.39 is 10.0 Å². The first-order chi connectivity index (χ1) is 9.94. The number of nitrogens with zero attached hydrogens (tertiary/aromatic N) is 1. The van der Waals surface area contributed by atoms with Crippen LogP contribution in [-0.2, 0) is 22.3 Å². The summed E-state index contributed by atoms with van der Waals surface area (Å²) < 4.78 is 27.1. The number of hydrogen-bond donors (Lipinski definition) is 1. The van der Waals surface area contributed by atoms with Crippen LogP contribution in [0.15, 0.2) is 24.3 Å². The summed E-state index contributed by atoms with van der Waals surface area (Å²) in [7, 11) is -1.34. The summed E-state index contributed by atoms with van der Waals surface area (Å²) in [6.45, 7) is 5.63. The standard InChI is InChI=1S/C16H26N2O2S/c1-13(2)16-8-5-9-18(16)21(19,20)12-15-7-4-6-14(10-15)11-17-3/h4,6-7,10,13,16-17H,5,8-9,11-12H2,1-3H3. The van der Waals surface area contributed by atoms with Crippen molar-refractivity contribution in [1.82, 2.24) is 9.62 Å². The van der Waals surface area contributed by atoms with Crippen LogP contribution in [0, 0.1) is 5.92 Å². The molecule has 1 unspecified atom stereocenters. The van der Waals surface area contributed by atoms with Crippen LogP contribution in [0.1, 0.15) is 37.8 Å². The van der Waals surface area contributed by atoms with Crippen LogP contribution >= 0.6 is 0 Å². The molecule has 0 radical (unpaired) electrons. The van der Waals surface area contributed by atoms with Crippen molar-refractivity contribution in [3.63, 3.8) is 0 Å². The Labute approximate surface area is 128 Å². The van der Waals surface area contributed by atoms with Crippen molar-refractivity contribution in [3.8, 4) is 0 Å². The summed E-state index contributed by atoms with van der Waals surface area (Å²) in [4.78, 5) is 0. The van der Waals surface area contributed by atoms with Gasteiger partial charge in [0.1, 0.15) is 0 Å². The Hall–Kier alpha value is -0.910. The van der Waals surface area contributed by atoms with Crippen molar-refractivity contribution in [3.05, 3.63) is 35.4 Å². The van der Waals surface area contributed by atoms with E-state index in [0.29, 0.717) is 12.5 Å². The summed E-state index contributed by atoms with van der Waals surface area (Å²) >= 11 is 0. The Balaban J connectivity index is 2.15. The summed E-state index contributed by atoms with van der Waals surface area (Å²) in [5, 5.41) is 3.09. The minimum absolute atomic E-state index is 0.105. The van der Waals surface area contributed by atoms with E-state index in [0.717, 1.165) is 30.5 Å². The molecule has 1 fully saturated rings. The lowest BCUT2D eigenvalue weighted by Crippen LogP contribution is -2.39. The zero-order valence-electron chi connectivity index (χ0n) is 13.2. The molecular formula is C16H26N2O2S. The molecule has 0 bridgehead atoms. The molecule has 1 aliphatic heterocycles.